The lowest BCUT2D eigenvalue weighted by Gasteiger charge is -2.26. The van der Waals surface area contributed by atoms with Crippen molar-refractivity contribution in [2.45, 2.75) is 19.4 Å². The second kappa shape index (κ2) is 9.61. The molecule has 0 spiro atoms. The number of amides is 1. The van der Waals surface area contributed by atoms with Gasteiger partial charge in [-0.2, -0.15) is 5.10 Å². The number of para-hydroxylation sites is 1. The van der Waals surface area contributed by atoms with Crippen molar-refractivity contribution < 1.29 is 19.1 Å². The number of benzene rings is 2. The number of aliphatic hydroxyl groups is 1. The molecule has 8 heteroatoms. The smallest absolute Gasteiger partial charge is 0.295 e. The monoisotopic (exact) mass is 462 g/mol. The fourth-order valence-electron chi connectivity index (χ4n) is 4.30. The van der Waals surface area contributed by atoms with Gasteiger partial charge < -0.3 is 14.9 Å². The molecule has 0 saturated carbocycles. The van der Waals surface area contributed by atoms with Crippen molar-refractivity contribution in [2.75, 3.05) is 27.2 Å². The Morgan fingerprint density at radius 3 is 2.44 bits per heavy atom. The minimum Gasteiger partial charge on any atom is -0.507 e. The summed E-state index contributed by atoms with van der Waals surface area (Å²) in [5.74, 6) is -2.49. The Kier molecular flexibility index (Phi) is 6.61. The van der Waals surface area contributed by atoms with Crippen LogP contribution in [0.2, 0.25) is 0 Å². The van der Waals surface area contributed by atoms with Crippen molar-refractivity contribution in [2.24, 2.45) is 0 Å². The average Bonchev–Trinajstić information content (AvgIpc) is 3.32. The molecule has 34 heavy (non-hydrogen) atoms. The molecule has 0 bridgehead atoms. The highest BCUT2D eigenvalue weighted by molar-refractivity contribution is 6.46. The first-order chi connectivity index (χ1) is 16.3. The summed E-state index contributed by atoms with van der Waals surface area (Å²) in [6, 6.07) is 14.4. The standard InChI is InChI=1S/C26H27FN4O3/c1-17-20(16-28-31(17)18-10-5-4-6-11-18)24(32)22-23(19-12-7-8-13-21(19)27)30(26(34)25(22)33)15-9-14-29(2)3/h4-8,10-13,16,23,32H,9,14-15H2,1-3H3/b24-22-. The Labute approximate surface area is 197 Å². The molecule has 1 aliphatic rings. The minimum absolute atomic E-state index is 0.129. The van der Waals surface area contributed by atoms with Crippen LogP contribution >= 0.6 is 0 Å². The van der Waals surface area contributed by atoms with E-state index in [-0.39, 0.29) is 23.4 Å². The Balaban J connectivity index is 1.83. The van der Waals surface area contributed by atoms with E-state index in [1.54, 1.807) is 29.8 Å². The largest absolute Gasteiger partial charge is 0.507 e. The number of Topliss-reactive ketones (excluding diaryl/α,β-unsaturated/α-hetero) is 1. The lowest BCUT2D eigenvalue weighted by atomic mass is 9.95. The van der Waals surface area contributed by atoms with E-state index in [0.717, 1.165) is 5.69 Å². The van der Waals surface area contributed by atoms with Gasteiger partial charge in [-0.25, -0.2) is 9.07 Å². The maximum atomic E-state index is 14.9. The molecular weight excluding hydrogens is 435 g/mol. The number of nitrogens with zero attached hydrogens (tertiary/aromatic N) is 4. The van der Waals surface area contributed by atoms with Gasteiger partial charge >= 0.3 is 0 Å². The number of rotatable bonds is 7. The predicted molar refractivity (Wildman–Crippen MR) is 127 cm³/mol. The molecule has 2 heterocycles. The van der Waals surface area contributed by atoms with E-state index in [9.17, 15) is 19.1 Å². The van der Waals surface area contributed by atoms with Gasteiger partial charge in [-0.05, 0) is 52.2 Å². The fourth-order valence-corrected chi connectivity index (χ4v) is 4.30. The molecule has 1 N–H and O–H groups in total. The van der Waals surface area contributed by atoms with Gasteiger partial charge in [-0.15, -0.1) is 0 Å². The van der Waals surface area contributed by atoms with E-state index in [2.05, 4.69) is 5.10 Å². The average molecular weight is 463 g/mol. The first-order valence-electron chi connectivity index (χ1n) is 11.1. The van der Waals surface area contributed by atoms with Gasteiger partial charge in [0.25, 0.3) is 11.7 Å². The maximum absolute atomic E-state index is 14.9. The van der Waals surface area contributed by atoms with Crippen LogP contribution in [0.4, 0.5) is 4.39 Å². The molecule has 3 aromatic rings. The topological polar surface area (TPSA) is 78.7 Å². The molecule has 0 aliphatic carbocycles. The number of ketones is 1. The first-order valence-corrected chi connectivity index (χ1v) is 11.1. The second-order valence-electron chi connectivity index (χ2n) is 8.56. The fraction of sp³-hybridized carbons (Fsp3) is 0.269. The van der Waals surface area contributed by atoms with Gasteiger partial charge in [0, 0.05) is 12.1 Å². The highest BCUT2D eigenvalue weighted by atomic mass is 19.1. The van der Waals surface area contributed by atoms with Crippen molar-refractivity contribution in [3.05, 3.63) is 89.0 Å². The van der Waals surface area contributed by atoms with Crippen LogP contribution in [0.1, 0.15) is 29.3 Å². The Bertz CT molecular complexity index is 1250. The van der Waals surface area contributed by atoms with Crippen LogP contribution < -0.4 is 0 Å². The predicted octanol–water partition coefficient (Wildman–Crippen LogP) is 3.69. The number of carbonyl (C=O) groups excluding carboxylic acids is 2. The second-order valence-corrected chi connectivity index (χ2v) is 8.56. The summed E-state index contributed by atoms with van der Waals surface area (Å²) in [5.41, 5.74) is 1.73. The summed E-state index contributed by atoms with van der Waals surface area (Å²) in [4.78, 5) is 29.5. The zero-order chi connectivity index (χ0) is 24.4. The quantitative estimate of drug-likeness (QED) is 0.329. The number of aliphatic hydroxyl groups excluding tert-OH is 1. The van der Waals surface area contributed by atoms with Gasteiger partial charge in [0.1, 0.15) is 11.6 Å². The molecule has 1 aliphatic heterocycles. The summed E-state index contributed by atoms with van der Waals surface area (Å²) in [6.07, 6.45) is 2.05. The van der Waals surface area contributed by atoms with Crippen molar-refractivity contribution in [3.8, 4) is 5.69 Å². The highest BCUT2D eigenvalue weighted by Crippen LogP contribution is 2.40. The molecule has 1 aromatic heterocycles. The third-order valence-corrected chi connectivity index (χ3v) is 6.01. The van der Waals surface area contributed by atoms with Crippen LogP contribution in [0.25, 0.3) is 11.4 Å². The molecule has 0 radical (unpaired) electrons. The number of hydrogen-bond acceptors (Lipinski definition) is 5. The third-order valence-electron chi connectivity index (χ3n) is 6.01. The molecule has 1 unspecified atom stereocenters. The zero-order valence-corrected chi connectivity index (χ0v) is 19.4. The van der Waals surface area contributed by atoms with Gasteiger partial charge in [-0.3, -0.25) is 9.59 Å². The van der Waals surface area contributed by atoms with E-state index in [1.807, 2.05) is 49.3 Å². The zero-order valence-electron chi connectivity index (χ0n) is 19.4. The van der Waals surface area contributed by atoms with E-state index in [1.165, 1.54) is 17.2 Å². The Morgan fingerprint density at radius 2 is 1.76 bits per heavy atom. The lowest BCUT2D eigenvalue weighted by Crippen LogP contribution is -2.32. The van der Waals surface area contributed by atoms with Crippen LogP contribution in [0.15, 0.2) is 66.4 Å². The molecule has 1 saturated heterocycles. The van der Waals surface area contributed by atoms with E-state index < -0.39 is 23.5 Å². The van der Waals surface area contributed by atoms with Gasteiger partial charge in [-0.1, -0.05) is 36.4 Å². The van der Waals surface area contributed by atoms with Crippen LogP contribution in [0.5, 0.6) is 0 Å². The summed E-state index contributed by atoms with van der Waals surface area (Å²) in [6.45, 7) is 2.71. The van der Waals surface area contributed by atoms with Gasteiger partial charge in [0.05, 0.1) is 34.8 Å². The number of likely N-dealkylation sites (tertiary alicyclic amines) is 1. The van der Waals surface area contributed by atoms with E-state index >= 15 is 0 Å². The Hall–Kier alpha value is -3.78. The lowest BCUT2D eigenvalue weighted by molar-refractivity contribution is -0.140. The van der Waals surface area contributed by atoms with Crippen molar-refractivity contribution in [1.29, 1.82) is 0 Å². The molecular formula is C26H27FN4O3. The SMILES string of the molecule is Cc1c(/C(O)=C2/C(=O)C(=O)N(CCCN(C)C)C2c2ccccc2F)cnn1-c1ccccc1. The van der Waals surface area contributed by atoms with Crippen LogP contribution in [0, 0.1) is 12.7 Å². The molecule has 4 rings (SSSR count). The van der Waals surface area contributed by atoms with E-state index in [0.29, 0.717) is 24.2 Å². The number of hydrogen-bond donors (Lipinski definition) is 1. The van der Waals surface area contributed by atoms with Crippen molar-refractivity contribution >= 4 is 17.4 Å². The first kappa shape index (κ1) is 23.4. The van der Waals surface area contributed by atoms with Crippen LogP contribution in [0.3, 0.4) is 0 Å². The van der Waals surface area contributed by atoms with Gasteiger partial charge in [0.15, 0.2) is 0 Å². The Morgan fingerprint density at radius 1 is 1.09 bits per heavy atom. The molecule has 1 atom stereocenters. The van der Waals surface area contributed by atoms with Crippen molar-refractivity contribution in [1.82, 2.24) is 19.6 Å². The third kappa shape index (κ3) is 4.24. The number of carbonyl (C=O) groups is 2. The summed E-state index contributed by atoms with van der Waals surface area (Å²) in [5, 5.41) is 15.7. The normalized spacial score (nSPS) is 17.7. The molecule has 176 valence electrons. The molecule has 7 nitrogen and oxygen atoms in total. The van der Waals surface area contributed by atoms with Crippen LogP contribution in [-0.2, 0) is 9.59 Å². The van der Waals surface area contributed by atoms with Crippen LogP contribution in [-0.4, -0.2) is 63.6 Å². The summed E-state index contributed by atoms with van der Waals surface area (Å²) >= 11 is 0. The molecule has 2 aromatic carbocycles. The summed E-state index contributed by atoms with van der Waals surface area (Å²) < 4.78 is 16.5. The summed E-state index contributed by atoms with van der Waals surface area (Å²) in [7, 11) is 3.82. The number of halogens is 1. The van der Waals surface area contributed by atoms with Gasteiger partial charge in [0.2, 0.25) is 0 Å². The highest BCUT2D eigenvalue weighted by Gasteiger charge is 2.47. The number of aromatic nitrogens is 2. The maximum Gasteiger partial charge on any atom is 0.295 e. The van der Waals surface area contributed by atoms with Crippen molar-refractivity contribution in [3.63, 3.8) is 0 Å². The molecule has 1 fully saturated rings. The van der Waals surface area contributed by atoms with E-state index in [4.69, 9.17) is 0 Å². The minimum atomic E-state index is -1.03. The molecule has 1 amide bonds.